The largest absolute Gasteiger partial charge is 0.288 e. The maximum absolute atomic E-state index is 8.68. The van der Waals surface area contributed by atoms with E-state index in [1.54, 1.807) is 0 Å². The van der Waals surface area contributed by atoms with Crippen molar-refractivity contribution in [2.75, 3.05) is 7.05 Å². The van der Waals surface area contributed by atoms with E-state index in [-0.39, 0.29) is 25.4 Å². The third-order valence-electron chi connectivity index (χ3n) is 0.813. The van der Waals surface area contributed by atoms with Gasteiger partial charge in [-0.1, -0.05) is 26.1 Å². The second-order valence-electron chi connectivity index (χ2n) is 2.02. The van der Waals surface area contributed by atoms with E-state index < -0.39 is 0 Å². The molecule has 0 rings (SSSR count). The molecule has 0 heterocycles. The number of thiocarbonyl (C=S) groups is 1. The van der Waals surface area contributed by atoms with Crippen molar-refractivity contribution in [1.29, 1.82) is 0 Å². The molecule has 0 aliphatic carbocycles. The van der Waals surface area contributed by atoms with Gasteiger partial charge >= 0.3 is 0 Å². The molecule has 0 spiro atoms. The van der Waals surface area contributed by atoms with E-state index in [0.29, 0.717) is 4.99 Å². The van der Waals surface area contributed by atoms with Crippen LogP contribution < -0.4 is 0 Å². The van der Waals surface area contributed by atoms with E-state index in [1.807, 2.05) is 13.8 Å². The van der Waals surface area contributed by atoms with Crippen LogP contribution in [0.4, 0.5) is 0 Å². The van der Waals surface area contributed by atoms with Gasteiger partial charge in [0.2, 0.25) is 0 Å². The molecular weight excluding hydrogens is 188 g/mol. The molecule has 0 aromatic rings. The number of hydroxylamine groups is 2. The average Bonchev–Trinajstić information content (AvgIpc) is 1.64. The van der Waals surface area contributed by atoms with Gasteiger partial charge in [0.15, 0.2) is 0 Å². The van der Waals surface area contributed by atoms with Crippen molar-refractivity contribution in [3.05, 3.63) is 0 Å². The molecule has 0 saturated carbocycles. The summed E-state index contributed by atoms with van der Waals surface area (Å²) < 4.78 is 0. The van der Waals surface area contributed by atoms with E-state index in [1.165, 1.54) is 7.05 Å². The fourth-order valence-corrected chi connectivity index (χ4v) is 0.374. The Kier molecular flexibility index (Phi) is 7.14. The zero-order valence-corrected chi connectivity index (χ0v) is 9.87. The quantitative estimate of drug-likeness (QED) is 0.390. The van der Waals surface area contributed by atoms with Crippen molar-refractivity contribution in [3.63, 3.8) is 0 Å². The molecule has 0 atom stereocenters. The van der Waals surface area contributed by atoms with Gasteiger partial charge in [0.05, 0.1) is 0 Å². The van der Waals surface area contributed by atoms with Crippen LogP contribution in [0.2, 0.25) is 0 Å². The monoisotopic (exact) mass is 197 g/mol. The molecule has 0 aliphatic heterocycles. The summed E-state index contributed by atoms with van der Waals surface area (Å²) in [5, 5.41) is 9.66. The van der Waals surface area contributed by atoms with Crippen molar-refractivity contribution in [1.82, 2.24) is 5.06 Å². The van der Waals surface area contributed by atoms with Crippen LogP contribution in [0.1, 0.15) is 13.8 Å². The minimum absolute atomic E-state index is 0. The van der Waals surface area contributed by atoms with Gasteiger partial charge in [-0.3, -0.25) is 10.3 Å². The van der Waals surface area contributed by atoms with Crippen molar-refractivity contribution < 1.29 is 24.7 Å². The molecule has 0 unspecified atom stereocenters. The van der Waals surface area contributed by atoms with Gasteiger partial charge in [0.1, 0.15) is 4.99 Å². The molecule has 9 heavy (non-hydrogen) atoms. The van der Waals surface area contributed by atoms with E-state index in [2.05, 4.69) is 0 Å². The predicted octanol–water partition coefficient (Wildman–Crippen LogP) is 1.29. The molecule has 50 valence electrons. The molecule has 0 bridgehead atoms. The van der Waals surface area contributed by atoms with E-state index in [9.17, 15) is 0 Å². The topological polar surface area (TPSA) is 23.5 Å². The first kappa shape index (κ1) is 12.2. The van der Waals surface area contributed by atoms with Crippen molar-refractivity contribution in [2.45, 2.75) is 13.8 Å². The van der Waals surface area contributed by atoms with Crippen molar-refractivity contribution in [3.8, 4) is 0 Å². The smallest absolute Gasteiger partial charge is 0.105 e. The molecule has 0 radical (unpaired) electrons. The van der Waals surface area contributed by atoms with Gasteiger partial charge in [0, 0.05) is 32.4 Å². The molecule has 4 heteroatoms. The van der Waals surface area contributed by atoms with E-state index in [4.69, 9.17) is 17.4 Å². The molecule has 0 aliphatic rings. The van der Waals surface area contributed by atoms with Gasteiger partial charge in [-0.25, -0.2) is 0 Å². The van der Waals surface area contributed by atoms with Gasteiger partial charge in [-0.15, -0.1) is 0 Å². The van der Waals surface area contributed by atoms with Crippen LogP contribution >= 0.6 is 12.2 Å². The molecule has 0 amide bonds. The standard InChI is InChI=1S/C5H11NOS.Zn/c1-4(2)5(8)6(3)7;/h4,7H,1-3H3;. The number of hydrogen-bond acceptors (Lipinski definition) is 2. The Morgan fingerprint density at radius 1 is 1.56 bits per heavy atom. The fourth-order valence-electron chi connectivity index (χ4n) is 0.374. The Balaban J connectivity index is 0. The Hall–Kier alpha value is 0.473. The zero-order valence-electron chi connectivity index (χ0n) is 6.09. The maximum atomic E-state index is 8.68. The van der Waals surface area contributed by atoms with Gasteiger partial charge in [0.25, 0.3) is 0 Å². The first-order valence-electron chi connectivity index (χ1n) is 2.52. The van der Waals surface area contributed by atoms with Crippen molar-refractivity contribution >= 4 is 17.2 Å². The maximum Gasteiger partial charge on any atom is 0.105 e. The molecular formula is C5H11NOSZn. The Bertz CT molecular complexity index is 85.0. The third-order valence-corrected chi connectivity index (χ3v) is 1.55. The van der Waals surface area contributed by atoms with Crippen molar-refractivity contribution in [2.24, 2.45) is 5.92 Å². The summed E-state index contributed by atoms with van der Waals surface area (Å²) in [7, 11) is 1.53. The summed E-state index contributed by atoms with van der Waals surface area (Å²) in [6, 6.07) is 0. The number of hydrogen-bond donors (Lipinski definition) is 1. The van der Waals surface area contributed by atoms with Crippen LogP contribution in [0.15, 0.2) is 0 Å². The molecule has 0 aromatic carbocycles. The molecule has 2 nitrogen and oxygen atoms in total. The van der Waals surface area contributed by atoms with Gasteiger partial charge in [-0.05, 0) is 0 Å². The second-order valence-corrected chi connectivity index (χ2v) is 2.43. The predicted molar refractivity (Wildman–Crippen MR) is 37.0 cm³/mol. The van der Waals surface area contributed by atoms with Crippen LogP contribution in [-0.4, -0.2) is 22.3 Å². The minimum Gasteiger partial charge on any atom is -0.288 e. The first-order valence-corrected chi connectivity index (χ1v) is 2.93. The number of nitrogens with zero attached hydrogens (tertiary/aromatic N) is 1. The molecule has 0 saturated heterocycles. The van der Waals surface area contributed by atoms with Crippen LogP contribution in [0, 0.1) is 5.92 Å². The fraction of sp³-hybridized carbons (Fsp3) is 0.800. The summed E-state index contributed by atoms with van der Waals surface area (Å²) in [5.41, 5.74) is 0. The Labute approximate surface area is 73.9 Å². The zero-order chi connectivity index (χ0) is 6.73. The van der Waals surface area contributed by atoms with Crippen LogP contribution in [0.5, 0.6) is 0 Å². The number of rotatable bonds is 1. The first-order chi connectivity index (χ1) is 3.55. The summed E-state index contributed by atoms with van der Waals surface area (Å²) in [6.45, 7) is 3.88. The minimum atomic E-state index is 0. The SMILES string of the molecule is CC(C)C(=S)N(C)O.[Zn]. The normalized spacial score (nSPS) is 8.56. The Morgan fingerprint density at radius 3 is 1.89 bits per heavy atom. The van der Waals surface area contributed by atoms with Crippen LogP contribution in [0.25, 0.3) is 0 Å². The van der Waals surface area contributed by atoms with E-state index >= 15 is 0 Å². The van der Waals surface area contributed by atoms with Gasteiger partial charge in [-0.2, -0.15) is 0 Å². The summed E-state index contributed by atoms with van der Waals surface area (Å²) >= 11 is 4.78. The van der Waals surface area contributed by atoms with Crippen LogP contribution in [-0.2, 0) is 19.5 Å². The van der Waals surface area contributed by atoms with Crippen LogP contribution in [0.3, 0.4) is 0 Å². The van der Waals surface area contributed by atoms with E-state index in [0.717, 1.165) is 5.06 Å². The molecule has 0 aromatic heterocycles. The summed E-state index contributed by atoms with van der Waals surface area (Å²) in [5.74, 6) is 0.250. The van der Waals surface area contributed by atoms with Gasteiger partial charge < -0.3 is 0 Å². The molecule has 0 fully saturated rings. The Morgan fingerprint density at radius 2 is 1.89 bits per heavy atom. The average molecular weight is 199 g/mol. The summed E-state index contributed by atoms with van der Waals surface area (Å²) in [6.07, 6.45) is 0. The third kappa shape index (κ3) is 4.95. The summed E-state index contributed by atoms with van der Waals surface area (Å²) in [4.78, 5) is 0.574. The molecule has 1 N–H and O–H groups in total. The second kappa shape index (κ2) is 5.27.